The summed E-state index contributed by atoms with van der Waals surface area (Å²) in [5.74, 6) is 3.26. The van der Waals surface area contributed by atoms with Crippen LogP contribution >= 0.6 is 0 Å². The number of Topliss-reactive ketones (excluding diaryl/α,β-unsaturated/α-hetero) is 1. The highest BCUT2D eigenvalue weighted by molar-refractivity contribution is 6.15. The number of hydrogen-bond donors (Lipinski definition) is 1. The molecule has 30 heavy (non-hydrogen) atoms. The molecule has 0 bridgehead atoms. The van der Waals surface area contributed by atoms with Crippen LogP contribution in [0.4, 0.5) is 0 Å². The summed E-state index contributed by atoms with van der Waals surface area (Å²) >= 11 is 0. The summed E-state index contributed by atoms with van der Waals surface area (Å²) in [7, 11) is 0. The Morgan fingerprint density at radius 2 is 1.87 bits per heavy atom. The second-order valence-electron chi connectivity index (χ2n) is 8.63. The molecule has 3 heterocycles. The number of phenols is 1. The normalized spacial score (nSPS) is 24.2. The minimum absolute atomic E-state index is 0.164. The van der Waals surface area contributed by atoms with Crippen molar-refractivity contribution in [3.05, 3.63) is 52.8 Å². The first kappa shape index (κ1) is 19.0. The number of phenolic OH excluding ortho intramolecular Hbond substituents is 1. The molecule has 0 unspecified atom stereocenters. The number of fused-ring (bicyclic) bond motifs is 2. The van der Waals surface area contributed by atoms with Crippen LogP contribution in [0.2, 0.25) is 0 Å². The smallest absolute Gasteiger partial charge is 0.231 e. The van der Waals surface area contributed by atoms with Gasteiger partial charge >= 0.3 is 0 Å². The number of nitrogens with zero attached hydrogens (tertiary/aromatic N) is 1. The monoisotopic (exact) mass is 407 g/mol. The Labute approximate surface area is 175 Å². The maximum absolute atomic E-state index is 13.0. The van der Waals surface area contributed by atoms with Crippen LogP contribution in [0.25, 0.3) is 6.08 Å². The number of carbonyl (C=O) groups excluding carboxylic acids is 1. The molecule has 5 rings (SSSR count). The molecule has 6 nitrogen and oxygen atoms in total. The lowest BCUT2D eigenvalue weighted by Crippen LogP contribution is -2.38. The lowest BCUT2D eigenvalue weighted by molar-refractivity contribution is 0.101. The zero-order valence-electron chi connectivity index (χ0n) is 17.2. The van der Waals surface area contributed by atoms with Crippen molar-refractivity contribution in [3.8, 4) is 23.0 Å². The second kappa shape index (κ2) is 7.36. The van der Waals surface area contributed by atoms with Crippen molar-refractivity contribution in [2.24, 2.45) is 11.8 Å². The Bertz CT molecular complexity index is 1030. The molecule has 1 fully saturated rings. The summed E-state index contributed by atoms with van der Waals surface area (Å²) in [6, 6.07) is 8.73. The lowest BCUT2D eigenvalue weighted by atomic mass is 9.91. The molecule has 0 amide bonds. The third-order valence-electron chi connectivity index (χ3n) is 5.94. The second-order valence-corrected chi connectivity index (χ2v) is 8.63. The summed E-state index contributed by atoms with van der Waals surface area (Å²) in [5.41, 5.74) is 1.96. The molecular weight excluding hydrogens is 382 g/mol. The number of carbonyl (C=O) groups is 1. The van der Waals surface area contributed by atoms with E-state index in [0.717, 1.165) is 18.7 Å². The van der Waals surface area contributed by atoms with Crippen molar-refractivity contribution in [1.29, 1.82) is 0 Å². The van der Waals surface area contributed by atoms with Gasteiger partial charge in [-0.15, -0.1) is 0 Å². The molecule has 0 aliphatic carbocycles. The lowest BCUT2D eigenvalue weighted by Gasteiger charge is -2.35. The molecule has 0 radical (unpaired) electrons. The number of ether oxygens (including phenoxy) is 3. The fourth-order valence-corrected chi connectivity index (χ4v) is 4.75. The quantitative estimate of drug-likeness (QED) is 0.769. The predicted octanol–water partition coefficient (Wildman–Crippen LogP) is 4.22. The van der Waals surface area contributed by atoms with Crippen LogP contribution in [0.1, 0.15) is 41.8 Å². The zero-order valence-corrected chi connectivity index (χ0v) is 17.2. The summed E-state index contributed by atoms with van der Waals surface area (Å²) in [4.78, 5) is 15.3. The van der Waals surface area contributed by atoms with Crippen LogP contribution < -0.4 is 14.2 Å². The Hall–Kier alpha value is -2.99. The summed E-state index contributed by atoms with van der Waals surface area (Å²) in [5, 5.41) is 10.5. The van der Waals surface area contributed by atoms with E-state index in [0.29, 0.717) is 46.8 Å². The Morgan fingerprint density at radius 3 is 2.67 bits per heavy atom. The van der Waals surface area contributed by atoms with E-state index in [9.17, 15) is 9.90 Å². The van der Waals surface area contributed by atoms with Gasteiger partial charge in [-0.1, -0.05) is 19.9 Å². The van der Waals surface area contributed by atoms with Gasteiger partial charge in [-0.2, -0.15) is 0 Å². The first-order valence-electron chi connectivity index (χ1n) is 10.4. The van der Waals surface area contributed by atoms with Gasteiger partial charge in [0.25, 0.3) is 0 Å². The molecule has 1 N–H and O–H groups in total. The van der Waals surface area contributed by atoms with E-state index in [4.69, 9.17) is 14.2 Å². The number of aromatic hydroxyl groups is 1. The van der Waals surface area contributed by atoms with Crippen LogP contribution in [0, 0.1) is 11.8 Å². The van der Waals surface area contributed by atoms with Crippen LogP contribution in [-0.4, -0.2) is 35.7 Å². The molecular formula is C24H25NO5. The molecule has 2 aromatic rings. The van der Waals surface area contributed by atoms with E-state index in [-0.39, 0.29) is 24.1 Å². The van der Waals surface area contributed by atoms with Crippen molar-refractivity contribution in [3.63, 3.8) is 0 Å². The standard InChI is InChI=1S/C24H25NO5/c1-14-7-15(2)11-25(10-14)12-18-19(26)5-4-17-23(27)22(30-24(17)18)9-16-3-6-20-21(8-16)29-13-28-20/h3-6,8-9,14-15,26H,7,10-13H2,1-2H3/b22-9-/t14-,15-/m0/s1. The molecule has 0 aromatic heterocycles. The molecule has 3 aliphatic heterocycles. The van der Waals surface area contributed by atoms with Crippen LogP contribution in [0.3, 0.4) is 0 Å². The fourth-order valence-electron chi connectivity index (χ4n) is 4.75. The number of piperidine rings is 1. The highest BCUT2D eigenvalue weighted by Crippen LogP contribution is 2.41. The van der Waals surface area contributed by atoms with Crippen molar-refractivity contribution in [1.82, 2.24) is 4.90 Å². The molecule has 0 spiro atoms. The maximum atomic E-state index is 13.0. The third-order valence-corrected chi connectivity index (χ3v) is 5.94. The van der Waals surface area contributed by atoms with Gasteiger partial charge in [0.05, 0.1) is 11.1 Å². The molecule has 2 atom stereocenters. The zero-order chi connectivity index (χ0) is 20.8. The van der Waals surface area contributed by atoms with E-state index in [2.05, 4.69) is 18.7 Å². The predicted molar refractivity (Wildman–Crippen MR) is 112 cm³/mol. The Kier molecular flexibility index (Phi) is 4.66. The SMILES string of the molecule is C[C@H]1C[C@H](C)CN(Cc2c(O)ccc3c2O/C(=C\c2ccc4c(c2)OCO4)C3=O)C1. The van der Waals surface area contributed by atoms with Crippen LogP contribution in [0.5, 0.6) is 23.0 Å². The fraction of sp³-hybridized carbons (Fsp3) is 0.375. The molecule has 6 heteroatoms. The number of likely N-dealkylation sites (tertiary alicyclic amines) is 1. The van der Waals surface area contributed by atoms with Gasteiger partial charge in [0, 0.05) is 19.6 Å². The maximum Gasteiger partial charge on any atom is 0.231 e. The molecule has 3 aliphatic rings. The van der Waals surface area contributed by atoms with Crippen LogP contribution in [-0.2, 0) is 6.54 Å². The van der Waals surface area contributed by atoms with Crippen LogP contribution in [0.15, 0.2) is 36.1 Å². The van der Waals surface area contributed by atoms with E-state index < -0.39 is 0 Å². The molecule has 156 valence electrons. The topological polar surface area (TPSA) is 68.2 Å². The Balaban J connectivity index is 1.44. The number of hydrogen-bond acceptors (Lipinski definition) is 6. The molecule has 0 saturated carbocycles. The number of ketones is 1. The minimum Gasteiger partial charge on any atom is -0.507 e. The first-order chi connectivity index (χ1) is 14.5. The summed E-state index contributed by atoms with van der Waals surface area (Å²) in [6.45, 7) is 7.22. The third kappa shape index (κ3) is 3.41. The van der Waals surface area contributed by atoms with Gasteiger partial charge in [0.1, 0.15) is 11.5 Å². The van der Waals surface area contributed by atoms with E-state index >= 15 is 0 Å². The number of rotatable bonds is 3. The van der Waals surface area contributed by atoms with Crippen molar-refractivity contribution in [2.75, 3.05) is 19.9 Å². The number of benzene rings is 2. The van der Waals surface area contributed by atoms with Crippen molar-refractivity contribution < 1.29 is 24.1 Å². The van der Waals surface area contributed by atoms with Gasteiger partial charge in [-0.3, -0.25) is 9.69 Å². The van der Waals surface area contributed by atoms with Gasteiger partial charge < -0.3 is 19.3 Å². The average molecular weight is 407 g/mol. The highest BCUT2D eigenvalue weighted by Gasteiger charge is 2.33. The molecule has 2 aromatic carbocycles. The minimum atomic E-state index is -0.177. The van der Waals surface area contributed by atoms with Gasteiger partial charge in [-0.05, 0) is 54.2 Å². The summed E-state index contributed by atoms with van der Waals surface area (Å²) in [6.07, 6.45) is 2.92. The van der Waals surface area contributed by atoms with E-state index in [1.807, 2.05) is 18.2 Å². The molecule has 1 saturated heterocycles. The number of allylic oxidation sites excluding steroid dienone is 1. The van der Waals surface area contributed by atoms with Gasteiger partial charge in [-0.25, -0.2) is 0 Å². The van der Waals surface area contributed by atoms with Gasteiger partial charge in [0.15, 0.2) is 17.3 Å². The van der Waals surface area contributed by atoms with E-state index in [1.165, 1.54) is 6.42 Å². The first-order valence-corrected chi connectivity index (χ1v) is 10.4. The highest BCUT2D eigenvalue weighted by atomic mass is 16.7. The van der Waals surface area contributed by atoms with Gasteiger partial charge in [0.2, 0.25) is 12.6 Å². The summed E-state index contributed by atoms with van der Waals surface area (Å²) < 4.78 is 16.8. The van der Waals surface area contributed by atoms with E-state index in [1.54, 1.807) is 18.2 Å². The average Bonchev–Trinajstić information content (AvgIpc) is 3.28. The Morgan fingerprint density at radius 1 is 1.10 bits per heavy atom. The van der Waals surface area contributed by atoms with Crippen molar-refractivity contribution in [2.45, 2.75) is 26.8 Å². The largest absolute Gasteiger partial charge is 0.507 e. The van der Waals surface area contributed by atoms with Crippen molar-refractivity contribution >= 4 is 11.9 Å².